The zero-order chi connectivity index (χ0) is 23.8. The van der Waals surface area contributed by atoms with Crippen LogP contribution in [0.15, 0.2) is 77.4 Å². The molecule has 5 aromatic rings. The zero-order valence-electron chi connectivity index (χ0n) is 18.0. The smallest absolute Gasteiger partial charge is 0.214 e. The standard InChI is InChI=1S/C26H18BrN5O2/c1-15-9-20(34-19-4-2-3-16(10-19)13-28)6-8-24(15)32-26(29)21(14-30-32)25(33)23-12-17-11-18(27)5-7-22(17)31-23/h2-12,14,31H,29H2,1H3. The Hall–Kier alpha value is -4.35. The predicted molar refractivity (Wildman–Crippen MR) is 133 cm³/mol. The van der Waals surface area contributed by atoms with Gasteiger partial charge in [0, 0.05) is 15.4 Å². The number of aromatic amines is 1. The molecule has 5 rings (SSSR count). The molecule has 166 valence electrons. The van der Waals surface area contributed by atoms with E-state index in [2.05, 4.69) is 32.1 Å². The number of ether oxygens (including phenoxy) is 1. The average molecular weight is 512 g/mol. The molecule has 0 saturated heterocycles. The van der Waals surface area contributed by atoms with E-state index in [9.17, 15) is 4.79 Å². The minimum Gasteiger partial charge on any atom is -0.457 e. The lowest BCUT2D eigenvalue weighted by molar-refractivity contribution is 0.103. The number of halogens is 1. The van der Waals surface area contributed by atoms with Gasteiger partial charge in [0.2, 0.25) is 5.78 Å². The quantitative estimate of drug-likeness (QED) is 0.285. The molecule has 0 bridgehead atoms. The second-order valence-electron chi connectivity index (χ2n) is 7.79. The molecular formula is C26H18BrN5O2. The number of carbonyl (C=O) groups excluding carboxylic acids is 1. The number of fused-ring (bicyclic) bond motifs is 1. The van der Waals surface area contributed by atoms with Crippen LogP contribution in [0.2, 0.25) is 0 Å². The van der Waals surface area contributed by atoms with Crippen LogP contribution < -0.4 is 10.5 Å². The van der Waals surface area contributed by atoms with Crippen LogP contribution in [0, 0.1) is 18.3 Å². The number of hydrogen-bond acceptors (Lipinski definition) is 5. The van der Waals surface area contributed by atoms with Crippen molar-refractivity contribution < 1.29 is 9.53 Å². The van der Waals surface area contributed by atoms with Gasteiger partial charge < -0.3 is 15.5 Å². The molecule has 0 fully saturated rings. The Kier molecular flexibility index (Phi) is 5.40. The number of rotatable bonds is 5. The molecule has 0 amide bonds. The van der Waals surface area contributed by atoms with E-state index in [-0.39, 0.29) is 11.6 Å². The van der Waals surface area contributed by atoms with E-state index in [0.29, 0.717) is 28.3 Å². The highest BCUT2D eigenvalue weighted by molar-refractivity contribution is 9.10. The first-order chi connectivity index (χ1) is 16.4. The highest BCUT2D eigenvalue weighted by Crippen LogP contribution is 2.29. The second kappa shape index (κ2) is 8.54. The number of nitrogens with two attached hydrogens (primary N) is 1. The first-order valence-electron chi connectivity index (χ1n) is 10.4. The topological polar surface area (TPSA) is 110 Å². The summed E-state index contributed by atoms with van der Waals surface area (Å²) in [5, 5.41) is 14.4. The maximum absolute atomic E-state index is 13.1. The van der Waals surface area contributed by atoms with E-state index in [0.717, 1.165) is 26.6 Å². The molecule has 2 heterocycles. The molecule has 8 heteroatoms. The average Bonchev–Trinajstić information content (AvgIpc) is 3.42. The van der Waals surface area contributed by atoms with E-state index in [1.807, 2.05) is 37.3 Å². The number of aryl methyl sites for hydroxylation is 1. The van der Waals surface area contributed by atoms with Crippen LogP contribution in [0.5, 0.6) is 11.5 Å². The lowest BCUT2D eigenvalue weighted by Gasteiger charge is -2.11. The van der Waals surface area contributed by atoms with Crippen molar-refractivity contribution in [1.29, 1.82) is 5.26 Å². The number of nitrogens with one attached hydrogen (secondary N) is 1. The van der Waals surface area contributed by atoms with Crippen LogP contribution in [-0.2, 0) is 0 Å². The normalized spacial score (nSPS) is 10.9. The van der Waals surface area contributed by atoms with Crippen LogP contribution >= 0.6 is 15.9 Å². The third-order valence-electron chi connectivity index (χ3n) is 5.47. The summed E-state index contributed by atoms with van der Waals surface area (Å²) in [5.41, 5.74) is 10.1. The number of H-pyrrole nitrogens is 1. The fraction of sp³-hybridized carbons (Fsp3) is 0.0385. The van der Waals surface area contributed by atoms with Gasteiger partial charge in [-0.25, -0.2) is 4.68 Å². The van der Waals surface area contributed by atoms with Gasteiger partial charge in [-0.15, -0.1) is 0 Å². The third-order valence-corrected chi connectivity index (χ3v) is 5.97. The van der Waals surface area contributed by atoms with Gasteiger partial charge >= 0.3 is 0 Å². The van der Waals surface area contributed by atoms with Gasteiger partial charge in [-0.3, -0.25) is 4.79 Å². The summed E-state index contributed by atoms with van der Waals surface area (Å²) in [6.07, 6.45) is 1.48. The van der Waals surface area contributed by atoms with Crippen LogP contribution in [0.4, 0.5) is 5.82 Å². The number of aromatic nitrogens is 3. The number of nitrogens with zero attached hydrogens (tertiary/aromatic N) is 3. The van der Waals surface area contributed by atoms with E-state index >= 15 is 0 Å². The van der Waals surface area contributed by atoms with Crippen LogP contribution in [-0.4, -0.2) is 20.5 Å². The lowest BCUT2D eigenvalue weighted by Crippen LogP contribution is -2.08. The zero-order valence-corrected chi connectivity index (χ0v) is 19.6. The Labute approximate surface area is 203 Å². The van der Waals surface area contributed by atoms with Crippen molar-refractivity contribution in [1.82, 2.24) is 14.8 Å². The largest absolute Gasteiger partial charge is 0.457 e. The van der Waals surface area contributed by atoms with Crippen molar-refractivity contribution in [3.8, 4) is 23.3 Å². The number of ketones is 1. The van der Waals surface area contributed by atoms with Gasteiger partial charge in [0.05, 0.1) is 34.8 Å². The van der Waals surface area contributed by atoms with Crippen molar-refractivity contribution in [3.63, 3.8) is 0 Å². The van der Waals surface area contributed by atoms with E-state index in [1.54, 1.807) is 41.1 Å². The molecule has 2 aromatic heterocycles. The monoisotopic (exact) mass is 511 g/mol. The van der Waals surface area contributed by atoms with Crippen LogP contribution in [0.25, 0.3) is 16.6 Å². The number of hydrogen-bond donors (Lipinski definition) is 2. The van der Waals surface area contributed by atoms with Crippen LogP contribution in [0.1, 0.15) is 27.2 Å². The molecular weight excluding hydrogens is 494 g/mol. The van der Waals surface area contributed by atoms with Crippen molar-refractivity contribution in [2.75, 3.05) is 5.73 Å². The summed E-state index contributed by atoms with van der Waals surface area (Å²) in [5.74, 6) is 1.21. The molecule has 0 aliphatic heterocycles. The van der Waals surface area contributed by atoms with Crippen molar-refractivity contribution in [3.05, 3.63) is 99.8 Å². The van der Waals surface area contributed by atoms with Gasteiger partial charge in [-0.1, -0.05) is 22.0 Å². The Morgan fingerprint density at radius 1 is 1.12 bits per heavy atom. The van der Waals surface area contributed by atoms with E-state index < -0.39 is 0 Å². The molecule has 0 radical (unpaired) electrons. The summed E-state index contributed by atoms with van der Waals surface area (Å²) < 4.78 is 8.37. The second-order valence-corrected chi connectivity index (χ2v) is 8.70. The first-order valence-corrected chi connectivity index (χ1v) is 11.2. The number of nitrogen functional groups attached to an aromatic ring is 1. The van der Waals surface area contributed by atoms with Gasteiger partial charge in [-0.05, 0) is 73.2 Å². The molecule has 0 saturated carbocycles. The van der Waals surface area contributed by atoms with Gasteiger partial charge in [0.15, 0.2) is 0 Å². The Morgan fingerprint density at radius 2 is 1.94 bits per heavy atom. The summed E-state index contributed by atoms with van der Waals surface area (Å²) in [6.45, 7) is 1.91. The highest BCUT2D eigenvalue weighted by atomic mass is 79.9. The molecule has 3 aromatic carbocycles. The summed E-state index contributed by atoms with van der Waals surface area (Å²) in [4.78, 5) is 16.3. The van der Waals surface area contributed by atoms with Gasteiger partial charge in [0.25, 0.3) is 0 Å². The SMILES string of the molecule is Cc1cc(Oc2cccc(C#N)c2)ccc1-n1ncc(C(=O)c2cc3cc(Br)ccc3[nH]2)c1N. The van der Waals surface area contributed by atoms with E-state index in [1.165, 1.54) is 6.20 Å². The Morgan fingerprint density at radius 3 is 2.74 bits per heavy atom. The molecule has 0 atom stereocenters. The number of benzene rings is 3. The maximum Gasteiger partial charge on any atom is 0.214 e. The van der Waals surface area contributed by atoms with Crippen molar-refractivity contribution in [2.24, 2.45) is 0 Å². The predicted octanol–water partition coefficient (Wildman–Crippen LogP) is 5.90. The van der Waals surface area contributed by atoms with Crippen molar-refractivity contribution >= 4 is 38.4 Å². The lowest BCUT2D eigenvalue weighted by atomic mass is 10.1. The van der Waals surface area contributed by atoms with Gasteiger partial charge in [-0.2, -0.15) is 10.4 Å². The molecule has 3 N–H and O–H groups in total. The molecule has 34 heavy (non-hydrogen) atoms. The van der Waals surface area contributed by atoms with Crippen LogP contribution in [0.3, 0.4) is 0 Å². The maximum atomic E-state index is 13.1. The Bertz CT molecular complexity index is 1610. The minimum atomic E-state index is -0.231. The fourth-order valence-electron chi connectivity index (χ4n) is 3.79. The molecule has 0 aliphatic carbocycles. The molecule has 0 unspecified atom stereocenters. The molecule has 7 nitrogen and oxygen atoms in total. The van der Waals surface area contributed by atoms with E-state index in [4.69, 9.17) is 15.7 Å². The third kappa shape index (κ3) is 3.93. The Balaban J connectivity index is 1.43. The molecule has 0 aliphatic rings. The summed E-state index contributed by atoms with van der Waals surface area (Å²) >= 11 is 3.45. The fourth-order valence-corrected chi connectivity index (χ4v) is 4.17. The first kappa shape index (κ1) is 21.5. The summed E-state index contributed by atoms with van der Waals surface area (Å²) in [6, 6.07) is 22.1. The summed E-state index contributed by atoms with van der Waals surface area (Å²) in [7, 11) is 0. The molecule has 0 spiro atoms. The van der Waals surface area contributed by atoms with Crippen molar-refractivity contribution in [2.45, 2.75) is 6.92 Å². The number of nitriles is 1. The minimum absolute atomic E-state index is 0.231. The number of anilines is 1. The van der Waals surface area contributed by atoms with Gasteiger partial charge in [0.1, 0.15) is 17.3 Å². The highest BCUT2D eigenvalue weighted by Gasteiger charge is 2.20. The number of carbonyl (C=O) groups is 1.